The molecular weight excluding hydrogens is 246 g/mol. The number of hydrogen-bond acceptors (Lipinski definition) is 5. The Kier molecular flexibility index (Phi) is 9.01. The molecule has 0 heterocycles. The van der Waals surface area contributed by atoms with Crippen molar-refractivity contribution in [3.8, 4) is 0 Å². The maximum absolute atomic E-state index is 10.8. The lowest BCUT2D eigenvalue weighted by Crippen LogP contribution is -2.19. The summed E-state index contributed by atoms with van der Waals surface area (Å²) in [7, 11) is -2.46. The van der Waals surface area contributed by atoms with Crippen molar-refractivity contribution in [2.75, 3.05) is 26.0 Å². The van der Waals surface area contributed by atoms with E-state index in [2.05, 4.69) is 10.1 Å². The van der Waals surface area contributed by atoms with Crippen LogP contribution in [-0.4, -0.2) is 44.9 Å². The molecule has 0 saturated carbocycles. The number of carbonyl (C=O) groups is 1. The predicted octanol–water partition coefficient (Wildman–Crippen LogP) is 0.587. The van der Waals surface area contributed by atoms with E-state index in [0.29, 0.717) is 19.4 Å². The van der Waals surface area contributed by atoms with Crippen molar-refractivity contribution in [1.29, 1.82) is 0 Å². The lowest BCUT2D eigenvalue weighted by Gasteiger charge is -2.03. The van der Waals surface area contributed by atoms with Crippen LogP contribution in [0.2, 0.25) is 0 Å². The standard InChI is InChI=1S/C10H21NO5S/c1-16-10(12)6-3-2-4-7-11-8-5-9-17(13,14)15/h11H,2-9H2,1H3,(H,13,14,15). The zero-order valence-corrected chi connectivity index (χ0v) is 11.0. The average molecular weight is 267 g/mol. The summed E-state index contributed by atoms with van der Waals surface area (Å²) in [6, 6.07) is 0. The van der Waals surface area contributed by atoms with Gasteiger partial charge in [-0.15, -0.1) is 0 Å². The van der Waals surface area contributed by atoms with E-state index < -0.39 is 10.1 Å². The van der Waals surface area contributed by atoms with Gasteiger partial charge in [-0.2, -0.15) is 8.42 Å². The van der Waals surface area contributed by atoms with E-state index >= 15 is 0 Å². The second-order valence-corrected chi connectivity index (χ2v) is 5.35. The van der Waals surface area contributed by atoms with Crippen LogP contribution in [0.5, 0.6) is 0 Å². The van der Waals surface area contributed by atoms with E-state index in [-0.39, 0.29) is 11.7 Å². The van der Waals surface area contributed by atoms with Crippen LogP contribution in [0.4, 0.5) is 0 Å². The van der Waals surface area contributed by atoms with E-state index in [1.165, 1.54) is 7.11 Å². The molecule has 0 radical (unpaired) electrons. The summed E-state index contributed by atoms with van der Waals surface area (Å²) in [6.07, 6.45) is 3.52. The van der Waals surface area contributed by atoms with Gasteiger partial charge in [-0.3, -0.25) is 9.35 Å². The number of rotatable bonds is 10. The highest BCUT2D eigenvalue weighted by molar-refractivity contribution is 7.85. The number of ether oxygens (including phenoxy) is 1. The van der Waals surface area contributed by atoms with E-state index in [1.807, 2.05) is 0 Å². The largest absolute Gasteiger partial charge is 0.469 e. The second-order valence-electron chi connectivity index (χ2n) is 3.78. The molecule has 0 amide bonds. The number of unbranched alkanes of at least 4 members (excludes halogenated alkanes) is 2. The van der Waals surface area contributed by atoms with E-state index in [9.17, 15) is 13.2 Å². The highest BCUT2D eigenvalue weighted by atomic mass is 32.2. The van der Waals surface area contributed by atoms with Gasteiger partial charge < -0.3 is 10.1 Å². The Balaban J connectivity index is 3.17. The maximum Gasteiger partial charge on any atom is 0.305 e. The normalized spacial score (nSPS) is 11.4. The van der Waals surface area contributed by atoms with E-state index in [4.69, 9.17) is 4.55 Å². The Hall–Kier alpha value is -0.660. The Bertz CT molecular complexity index is 302. The van der Waals surface area contributed by atoms with Gasteiger partial charge in [0.15, 0.2) is 0 Å². The predicted molar refractivity (Wildman–Crippen MR) is 64.4 cm³/mol. The minimum absolute atomic E-state index is 0.189. The van der Waals surface area contributed by atoms with Crippen LogP contribution < -0.4 is 5.32 Å². The monoisotopic (exact) mass is 267 g/mol. The molecule has 0 saturated heterocycles. The first-order valence-electron chi connectivity index (χ1n) is 5.68. The molecule has 0 aliphatic carbocycles. The summed E-state index contributed by atoms with van der Waals surface area (Å²) >= 11 is 0. The third-order valence-electron chi connectivity index (χ3n) is 2.22. The summed E-state index contributed by atoms with van der Waals surface area (Å²) < 4.78 is 33.7. The van der Waals surface area contributed by atoms with Crippen LogP contribution in [0.3, 0.4) is 0 Å². The number of nitrogens with one attached hydrogen (secondary N) is 1. The van der Waals surface area contributed by atoms with Crippen LogP contribution in [0, 0.1) is 0 Å². The van der Waals surface area contributed by atoms with Crippen LogP contribution in [0.15, 0.2) is 0 Å². The first-order valence-corrected chi connectivity index (χ1v) is 7.29. The Labute approximate surface area is 102 Å². The number of hydrogen-bond donors (Lipinski definition) is 2. The van der Waals surface area contributed by atoms with Crippen LogP contribution in [0.25, 0.3) is 0 Å². The van der Waals surface area contributed by atoms with Crippen LogP contribution in [-0.2, 0) is 19.6 Å². The number of esters is 1. The third-order valence-corrected chi connectivity index (χ3v) is 3.02. The second kappa shape index (κ2) is 9.38. The highest BCUT2D eigenvalue weighted by Crippen LogP contribution is 2.00. The smallest absolute Gasteiger partial charge is 0.305 e. The molecule has 0 bridgehead atoms. The molecule has 0 spiro atoms. The van der Waals surface area contributed by atoms with Crippen molar-refractivity contribution in [2.24, 2.45) is 0 Å². The summed E-state index contributed by atoms with van der Waals surface area (Å²) in [5.74, 6) is -0.395. The van der Waals surface area contributed by atoms with Crippen molar-refractivity contribution in [3.05, 3.63) is 0 Å². The molecule has 0 fully saturated rings. The fourth-order valence-corrected chi connectivity index (χ4v) is 1.81. The van der Waals surface area contributed by atoms with Crippen molar-refractivity contribution in [1.82, 2.24) is 5.32 Å². The third kappa shape index (κ3) is 13.3. The molecule has 17 heavy (non-hydrogen) atoms. The molecule has 6 nitrogen and oxygen atoms in total. The molecule has 0 unspecified atom stereocenters. The Morgan fingerprint density at radius 1 is 1.18 bits per heavy atom. The summed E-state index contributed by atoms with van der Waals surface area (Å²) in [5.41, 5.74) is 0. The van der Waals surface area contributed by atoms with Gasteiger partial charge in [0.2, 0.25) is 0 Å². The molecule has 7 heteroatoms. The van der Waals surface area contributed by atoms with Crippen molar-refractivity contribution in [3.63, 3.8) is 0 Å². The molecule has 0 aromatic heterocycles. The first kappa shape index (κ1) is 16.3. The molecule has 0 aliphatic heterocycles. The Morgan fingerprint density at radius 3 is 2.41 bits per heavy atom. The van der Waals surface area contributed by atoms with Gasteiger partial charge in [-0.05, 0) is 32.4 Å². The minimum Gasteiger partial charge on any atom is -0.469 e. The number of methoxy groups -OCH3 is 1. The zero-order chi connectivity index (χ0) is 13.1. The van der Waals surface area contributed by atoms with Gasteiger partial charge in [0.05, 0.1) is 12.9 Å². The minimum atomic E-state index is -3.83. The van der Waals surface area contributed by atoms with Gasteiger partial charge in [-0.25, -0.2) is 0 Å². The average Bonchev–Trinajstić information content (AvgIpc) is 2.25. The lowest BCUT2D eigenvalue weighted by atomic mass is 10.2. The van der Waals surface area contributed by atoms with Crippen molar-refractivity contribution >= 4 is 16.1 Å². The molecule has 102 valence electrons. The fraction of sp³-hybridized carbons (Fsp3) is 0.900. The van der Waals surface area contributed by atoms with Crippen molar-refractivity contribution in [2.45, 2.75) is 32.1 Å². The van der Waals surface area contributed by atoms with Gasteiger partial charge in [0, 0.05) is 6.42 Å². The summed E-state index contributed by atoms with van der Waals surface area (Å²) in [5, 5.41) is 3.07. The highest BCUT2D eigenvalue weighted by Gasteiger charge is 2.02. The summed E-state index contributed by atoms with van der Waals surface area (Å²) in [6.45, 7) is 1.35. The molecular formula is C10H21NO5S. The van der Waals surface area contributed by atoms with Gasteiger partial charge in [0.25, 0.3) is 10.1 Å². The zero-order valence-electron chi connectivity index (χ0n) is 10.1. The molecule has 2 N–H and O–H groups in total. The molecule has 0 aliphatic rings. The van der Waals surface area contributed by atoms with E-state index in [0.717, 1.165) is 25.8 Å². The van der Waals surface area contributed by atoms with Gasteiger partial charge >= 0.3 is 5.97 Å². The topological polar surface area (TPSA) is 92.7 Å². The quantitative estimate of drug-likeness (QED) is 0.342. The van der Waals surface area contributed by atoms with E-state index in [1.54, 1.807) is 0 Å². The molecule has 0 aromatic carbocycles. The first-order chi connectivity index (χ1) is 7.95. The lowest BCUT2D eigenvalue weighted by molar-refractivity contribution is -0.140. The van der Waals surface area contributed by atoms with Crippen LogP contribution >= 0.6 is 0 Å². The number of carbonyl (C=O) groups excluding carboxylic acids is 1. The molecule has 0 aromatic rings. The Morgan fingerprint density at radius 2 is 1.82 bits per heavy atom. The molecule has 0 atom stereocenters. The maximum atomic E-state index is 10.8. The van der Waals surface area contributed by atoms with Crippen molar-refractivity contribution < 1.29 is 22.5 Å². The van der Waals surface area contributed by atoms with Gasteiger partial charge in [-0.1, -0.05) is 6.42 Å². The fourth-order valence-electron chi connectivity index (χ4n) is 1.30. The molecule has 0 rings (SSSR count). The van der Waals surface area contributed by atoms with Gasteiger partial charge in [0.1, 0.15) is 0 Å². The summed E-state index contributed by atoms with van der Waals surface area (Å²) in [4.78, 5) is 10.8. The SMILES string of the molecule is COC(=O)CCCCCNCCCS(=O)(=O)O. The van der Waals surface area contributed by atoms with Crippen LogP contribution in [0.1, 0.15) is 32.1 Å².